The van der Waals surface area contributed by atoms with Crippen molar-refractivity contribution < 1.29 is 4.79 Å². The quantitative estimate of drug-likeness (QED) is 0.815. The van der Waals surface area contributed by atoms with Crippen LogP contribution in [0.4, 0.5) is 0 Å². The van der Waals surface area contributed by atoms with E-state index in [1.54, 1.807) is 6.07 Å². The fourth-order valence-electron chi connectivity index (χ4n) is 1.24. The third-order valence-electron chi connectivity index (χ3n) is 2.20. The van der Waals surface area contributed by atoms with E-state index < -0.39 is 0 Å². The maximum Gasteiger partial charge on any atom is 0.251 e. The lowest BCUT2D eigenvalue weighted by atomic mass is 9.92. The molecule has 0 aliphatic heterocycles. The smallest absolute Gasteiger partial charge is 0.251 e. The molecule has 0 aliphatic rings. The summed E-state index contributed by atoms with van der Waals surface area (Å²) in [5, 5.41) is 2.79. The van der Waals surface area contributed by atoms with Crippen LogP contribution >= 0.6 is 0 Å². The molecule has 4 nitrogen and oxygen atoms in total. The predicted octanol–water partition coefficient (Wildman–Crippen LogP) is 1.54. The van der Waals surface area contributed by atoms with Crippen LogP contribution < -0.4 is 10.9 Å². The molecule has 1 heterocycles. The number of hydrogen-bond acceptors (Lipinski definition) is 2. The average Bonchev–Trinajstić information content (AvgIpc) is 2.15. The number of aromatic amines is 1. The Morgan fingerprint density at radius 3 is 2.69 bits per heavy atom. The van der Waals surface area contributed by atoms with Crippen molar-refractivity contribution in [1.82, 2.24) is 10.3 Å². The van der Waals surface area contributed by atoms with Crippen LogP contribution in [-0.2, 0) is 0 Å². The highest BCUT2D eigenvalue weighted by atomic mass is 16.2. The molecule has 1 amide bonds. The molecule has 0 unspecified atom stereocenters. The van der Waals surface area contributed by atoms with Crippen LogP contribution in [0.5, 0.6) is 0 Å². The summed E-state index contributed by atoms with van der Waals surface area (Å²) in [7, 11) is 0. The fourth-order valence-corrected chi connectivity index (χ4v) is 1.24. The number of amides is 1. The second-order valence-electron chi connectivity index (χ2n) is 5.01. The molecule has 0 bridgehead atoms. The number of pyridine rings is 1. The summed E-state index contributed by atoms with van der Waals surface area (Å²) in [6.45, 7) is 6.97. The lowest BCUT2D eigenvalue weighted by Crippen LogP contribution is -2.28. The van der Waals surface area contributed by atoms with Crippen molar-refractivity contribution in [2.75, 3.05) is 6.54 Å². The van der Waals surface area contributed by atoms with Crippen LogP contribution in [0.15, 0.2) is 23.1 Å². The van der Waals surface area contributed by atoms with Gasteiger partial charge in [0.25, 0.3) is 5.91 Å². The van der Waals surface area contributed by atoms with Crippen LogP contribution in [-0.4, -0.2) is 17.4 Å². The zero-order chi connectivity index (χ0) is 12.2. The molecule has 0 fully saturated rings. The molecule has 0 radical (unpaired) electrons. The topological polar surface area (TPSA) is 62.0 Å². The van der Waals surface area contributed by atoms with E-state index in [2.05, 4.69) is 31.1 Å². The Balaban J connectivity index is 2.51. The first-order valence-electron chi connectivity index (χ1n) is 5.35. The van der Waals surface area contributed by atoms with Crippen molar-refractivity contribution in [3.8, 4) is 0 Å². The molecule has 2 N–H and O–H groups in total. The lowest BCUT2D eigenvalue weighted by Gasteiger charge is -2.17. The van der Waals surface area contributed by atoms with Crippen molar-refractivity contribution in [1.29, 1.82) is 0 Å². The van der Waals surface area contributed by atoms with E-state index in [0.717, 1.165) is 6.42 Å². The van der Waals surface area contributed by atoms with Gasteiger partial charge in [-0.1, -0.05) is 20.8 Å². The first-order valence-corrected chi connectivity index (χ1v) is 5.35. The van der Waals surface area contributed by atoms with Crippen molar-refractivity contribution in [2.24, 2.45) is 5.41 Å². The van der Waals surface area contributed by atoms with Crippen LogP contribution in [0, 0.1) is 5.41 Å². The SMILES string of the molecule is CC(C)(C)CCNC(=O)c1cc[nH]c(=O)c1. The molecule has 0 saturated carbocycles. The Morgan fingerprint density at radius 2 is 2.12 bits per heavy atom. The maximum absolute atomic E-state index is 11.6. The van der Waals surface area contributed by atoms with Crippen molar-refractivity contribution >= 4 is 5.91 Å². The molecule has 0 saturated heterocycles. The normalized spacial score (nSPS) is 11.2. The third kappa shape index (κ3) is 4.29. The number of nitrogens with one attached hydrogen (secondary N) is 2. The van der Waals surface area contributed by atoms with E-state index in [9.17, 15) is 9.59 Å². The highest BCUT2D eigenvalue weighted by molar-refractivity contribution is 5.93. The number of aromatic nitrogens is 1. The van der Waals surface area contributed by atoms with Gasteiger partial charge in [0, 0.05) is 24.4 Å². The lowest BCUT2D eigenvalue weighted by molar-refractivity contribution is 0.0949. The van der Waals surface area contributed by atoms with Crippen LogP contribution in [0.3, 0.4) is 0 Å². The highest BCUT2D eigenvalue weighted by Gasteiger charge is 2.11. The van der Waals surface area contributed by atoms with Gasteiger partial charge in [-0.15, -0.1) is 0 Å². The van der Waals surface area contributed by atoms with Gasteiger partial charge in [-0.25, -0.2) is 0 Å². The van der Waals surface area contributed by atoms with Gasteiger partial charge >= 0.3 is 0 Å². The number of hydrogen-bond donors (Lipinski definition) is 2. The molecule has 88 valence electrons. The predicted molar refractivity (Wildman–Crippen MR) is 63.5 cm³/mol. The molecule has 0 aromatic carbocycles. The zero-order valence-electron chi connectivity index (χ0n) is 9.96. The molecule has 0 spiro atoms. The molecule has 1 aromatic rings. The monoisotopic (exact) mass is 222 g/mol. The summed E-state index contributed by atoms with van der Waals surface area (Å²) < 4.78 is 0. The van der Waals surface area contributed by atoms with Gasteiger partial charge in [0.1, 0.15) is 0 Å². The summed E-state index contributed by atoms with van der Waals surface area (Å²) in [5.74, 6) is -0.199. The molecule has 0 aliphatic carbocycles. The van der Waals surface area contributed by atoms with Gasteiger partial charge in [-0.05, 0) is 17.9 Å². The second-order valence-corrected chi connectivity index (χ2v) is 5.01. The van der Waals surface area contributed by atoms with Crippen molar-refractivity contribution in [2.45, 2.75) is 27.2 Å². The number of carbonyl (C=O) groups is 1. The minimum atomic E-state index is -0.261. The number of rotatable bonds is 3. The van der Waals surface area contributed by atoms with Gasteiger partial charge in [0.2, 0.25) is 5.56 Å². The van der Waals surface area contributed by atoms with Gasteiger partial charge in [-0.3, -0.25) is 9.59 Å². The Bertz CT molecular complexity index is 416. The van der Waals surface area contributed by atoms with E-state index in [-0.39, 0.29) is 16.9 Å². The molecule has 1 rings (SSSR count). The number of carbonyl (C=O) groups excluding carboxylic acids is 1. The average molecular weight is 222 g/mol. The molecule has 16 heavy (non-hydrogen) atoms. The van der Waals surface area contributed by atoms with E-state index in [1.807, 2.05) is 0 Å². The zero-order valence-corrected chi connectivity index (χ0v) is 9.96. The van der Waals surface area contributed by atoms with E-state index >= 15 is 0 Å². The summed E-state index contributed by atoms with van der Waals surface area (Å²) in [6, 6.07) is 2.89. The molecular weight excluding hydrogens is 204 g/mol. The van der Waals surface area contributed by atoms with Gasteiger partial charge in [-0.2, -0.15) is 0 Å². The summed E-state index contributed by atoms with van der Waals surface area (Å²) in [5.41, 5.74) is 0.336. The molecule has 0 atom stereocenters. The van der Waals surface area contributed by atoms with Crippen LogP contribution in [0.2, 0.25) is 0 Å². The van der Waals surface area contributed by atoms with E-state index in [0.29, 0.717) is 12.1 Å². The Labute approximate surface area is 95.1 Å². The minimum absolute atomic E-state index is 0.196. The highest BCUT2D eigenvalue weighted by Crippen LogP contribution is 2.16. The molecule has 4 heteroatoms. The molecular formula is C12H18N2O2. The molecule has 1 aromatic heterocycles. The minimum Gasteiger partial charge on any atom is -0.352 e. The van der Waals surface area contributed by atoms with E-state index in [1.165, 1.54) is 12.3 Å². The summed E-state index contributed by atoms with van der Waals surface area (Å²) in [4.78, 5) is 25.1. The largest absolute Gasteiger partial charge is 0.352 e. The standard InChI is InChI=1S/C12H18N2O2/c1-12(2,3)5-7-14-11(16)9-4-6-13-10(15)8-9/h4,6,8H,5,7H2,1-3H3,(H,13,15)(H,14,16). The van der Waals surface area contributed by atoms with E-state index in [4.69, 9.17) is 0 Å². The fraction of sp³-hybridized carbons (Fsp3) is 0.500. The summed E-state index contributed by atoms with van der Waals surface area (Å²) >= 11 is 0. The first kappa shape index (κ1) is 12.5. The second kappa shape index (κ2) is 4.96. The van der Waals surface area contributed by atoms with Crippen LogP contribution in [0.25, 0.3) is 0 Å². The Kier molecular flexibility index (Phi) is 3.88. The Morgan fingerprint density at radius 1 is 1.44 bits per heavy atom. The van der Waals surface area contributed by atoms with Crippen molar-refractivity contribution in [3.63, 3.8) is 0 Å². The van der Waals surface area contributed by atoms with Gasteiger partial charge < -0.3 is 10.3 Å². The third-order valence-corrected chi connectivity index (χ3v) is 2.20. The van der Waals surface area contributed by atoms with Crippen LogP contribution in [0.1, 0.15) is 37.6 Å². The van der Waals surface area contributed by atoms with Gasteiger partial charge in [0.15, 0.2) is 0 Å². The van der Waals surface area contributed by atoms with Gasteiger partial charge in [0.05, 0.1) is 0 Å². The Hall–Kier alpha value is -1.58. The number of H-pyrrole nitrogens is 1. The summed E-state index contributed by atoms with van der Waals surface area (Å²) in [6.07, 6.45) is 2.38. The first-order chi connectivity index (χ1) is 7.38. The maximum atomic E-state index is 11.6. The van der Waals surface area contributed by atoms with Crippen molar-refractivity contribution in [3.05, 3.63) is 34.2 Å².